The van der Waals surface area contributed by atoms with Gasteiger partial charge in [0.05, 0.1) is 18.4 Å². The summed E-state index contributed by atoms with van der Waals surface area (Å²) in [7, 11) is 1.23. The molecular weight excluding hydrogens is 288 g/mol. The first kappa shape index (κ1) is 15.9. The molecule has 0 aliphatic carbocycles. The van der Waals surface area contributed by atoms with Gasteiger partial charge < -0.3 is 10.1 Å². The Morgan fingerprint density at radius 1 is 1.05 bits per heavy atom. The highest BCUT2D eigenvalue weighted by molar-refractivity contribution is 5.96. The third-order valence-corrected chi connectivity index (χ3v) is 3.29. The van der Waals surface area contributed by atoms with Gasteiger partial charge in [-0.05, 0) is 47.9 Å². The molecule has 22 heavy (non-hydrogen) atoms. The average Bonchev–Trinajstić information content (AvgIpc) is 2.49. The number of nitrogens with one attached hydrogen (secondary N) is 1. The molecule has 2 aromatic rings. The minimum Gasteiger partial charge on any atom is -0.465 e. The lowest BCUT2D eigenvalue weighted by Crippen LogP contribution is -2.07. The number of carbonyl (C=O) groups excluding carboxylic acids is 1. The second-order valence-electron chi connectivity index (χ2n) is 5.19. The maximum Gasteiger partial charge on any atom is 0.340 e. The Labute approximate surface area is 127 Å². The molecule has 0 unspecified atom stereocenters. The Balaban J connectivity index is 2.45. The van der Waals surface area contributed by atoms with Gasteiger partial charge in [-0.1, -0.05) is 13.8 Å². The van der Waals surface area contributed by atoms with Crippen molar-refractivity contribution in [3.05, 3.63) is 59.2 Å². The van der Waals surface area contributed by atoms with Gasteiger partial charge in [0.1, 0.15) is 11.6 Å². The molecule has 0 saturated carbocycles. The predicted molar refractivity (Wildman–Crippen MR) is 81.5 cm³/mol. The maximum atomic E-state index is 13.4. The maximum absolute atomic E-state index is 13.4. The highest BCUT2D eigenvalue weighted by atomic mass is 19.1. The lowest BCUT2D eigenvalue weighted by atomic mass is 10.0. The van der Waals surface area contributed by atoms with Gasteiger partial charge in [-0.15, -0.1) is 0 Å². The summed E-state index contributed by atoms with van der Waals surface area (Å²) in [5.74, 6) is -1.42. The van der Waals surface area contributed by atoms with Crippen LogP contribution >= 0.6 is 0 Å². The van der Waals surface area contributed by atoms with Crippen molar-refractivity contribution < 1.29 is 18.3 Å². The molecule has 0 saturated heterocycles. The number of hydrogen-bond donors (Lipinski definition) is 1. The van der Waals surface area contributed by atoms with Crippen LogP contribution in [0.5, 0.6) is 0 Å². The molecule has 0 fully saturated rings. The fraction of sp³-hybridized carbons (Fsp3) is 0.235. The highest BCUT2D eigenvalue weighted by Gasteiger charge is 2.15. The Morgan fingerprint density at radius 3 is 2.23 bits per heavy atom. The van der Waals surface area contributed by atoms with E-state index in [-0.39, 0.29) is 17.3 Å². The summed E-state index contributed by atoms with van der Waals surface area (Å²) in [6.45, 7) is 3.87. The topological polar surface area (TPSA) is 38.3 Å². The standard InChI is InChI=1S/C17H17F2NO2/c1-10(2)13-8-11(18)4-6-15(13)20-16-7-5-12(19)9-14(16)17(21)22-3/h4-10,20H,1-3H3. The fourth-order valence-corrected chi connectivity index (χ4v) is 2.17. The molecule has 0 radical (unpaired) electrons. The number of ether oxygens (including phenoxy) is 1. The van der Waals surface area contributed by atoms with Crippen LogP contribution in [0.4, 0.5) is 20.2 Å². The van der Waals surface area contributed by atoms with Crippen molar-refractivity contribution in [3.63, 3.8) is 0 Å². The van der Waals surface area contributed by atoms with Crippen LogP contribution in [-0.2, 0) is 4.74 Å². The highest BCUT2D eigenvalue weighted by Crippen LogP contribution is 2.30. The van der Waals surface area contributed by atoms with E-state index in [1.54, 1.807) is 6.07 Å². The first-order valence-corrected chi connectivity index (χ1v) is 6.86. The van der Waals surface area contributed by atoms with E-state index in [1.807, 2.05) is 13.8 Å². The van der Waals surface area contributed by atoms with E-state index >= 15 is 0 Å². The summed E-state index contributed by atoms with van der Waals surface area (Å²) >= 11 is 0. The molecule has 0 aromatic heterocycles. The van der Waals surface area contributed by atoms with Crippen molar-refractivity contribution in [2.45, 2.75) is 19.8 Å². The van der Waals surface area contributed by atoms with Gasteiger partial charge in [0, 0.05) is 5.69 Å². The van der Waals surface area contributed by atoms with Gasteiger partial charge in [-0.2, -0.15) is 0 Å². The van der Waals surface area contributed by atoms with Crippen molar-refractivity contribution in [1.82, 2.24) is 0 Å². The average molecular weight is 305 g/mol. The quantitative estimate of drug-likeness (QED) is 0.838. The van der Waals surface area contributed by atoms with Crippen molar-refractivity contribution >= 4 is 17.3 Å². The van der Waals surface area contributed by atoms with Crippen LogP contribution in [0.25, 0.3) is 0 Å². The van der Waals surface area contributed by atoms with Gasteiger partial charge in [0.25, 0.3) is 0 Å². The molecule has 0 amide bonds. The van der Waals surface area contributed by atoms with Crippen LogP contribution in [0, 0.1) is 11.6 Å². The summed E-state index contributed by atoms with van der Waals surface area (Å²) in [5.41, 5.74) is 1.91. The first-order valence-electron chi connectivity index (χ1n) is 6.86. The number of rotatable bonds is 4. The number of halogens is 2. The third-order valence-electron chi connectivity index (χ3n) is 3.29. The Hall–Kier alpha value is -2.43. The number of carbonyl (C=O) groups is 1. The molecule has 0 spiro atoms. The monoisotopic (exact) mass is 305 g/mol. The van der Waals surface area contributed by atoms with Gasteiger partial charge >= 0.3 is 5.97 Å². The van der Waals surface area contributed by atoms with Gasteiger partial charge in [0.15, 0.2) is 0 Å². The predicted octanol–water partition coefficient (Wildman–Crippen LogP) is 4.62. The van der Waals surface area contributed by atoms with E-state index in [0.717, 1.165) is 11.6 Å². The minimum absolute atomic E-state index is 0.0835. The summed E-state index contributed by atoms with van der Waals surface area (Å²) in [6.07, 6.45) is 0. The molecular formula is C17H17F2NO2. The molecule has 2 aromatic carbocycles. The third kappa shape index (κ3) is 3.42. The van der Waals surface area contributed by atoms with E-state index in [9.17, 15) is 13.6 Å². The normalized spacial score (nSPS) is 10.6. The second kappa shape index (κ2) is 6.56. The van der Waals surface area contributed by atoms with Gasteiger partial charge in [-0.3, -0.25) is 0 Å². The number of methoxy groups -OCH3 is 1. The SMILES string of the molecule is COC(=O)c1cc(F)ccc1Nc1ccc(F)cc1C(C)C. The van der Waals surface area contributed by atoms with E-state index in [0.29, 0.717) is 11.4 Å². The summed E-state index contributed by atoms with van der Waals surface area (Å²) in [4.78, 5) is 11.8. The zero-order valence-corrected chi connectivity index (χ0v) is 12.6. The van der Waals surface area contributed by atoms with Crippen LogP contribution in [0.1, 0.15) is 35.7 Å². The molecule has 1 N–H and O–H groups in total. The van der Waals surface area contributed by atoms with Crippen molar-refractivity contribution in [2.24, 2.45) is 0 Å². The zero-order chi connectivity index (χ0) is 16.3. The second-order valence-corrected chi connectivity index (χ2v) is 5.19. The van der Waals surface area contributed by atoms with Crippen LogP contribution in [-0.4, -0.2) is 13.1 Å². The van der Waals surface area contributed by atoms with Gasteiger partial charge in [0.2, 0.25) is 0 Å². The zero-order valence-electron chi connectivity index (χ0n) is 12.6. The molecule has 0 atom stereocenters. The van der Waals surface area contributed by atoms with E-state index in [1.165, 1.54) is 31.4 Å². The van der Waals surface area contributed by atoms with Gasteiger partial charge in [-0.25, -0.2) is 13.6 Å². The van der Waals surface area contributed by atoms with Crippen LogP contribution < -0.4 is 5.32 Å². The fourth-order valence-electron chi connectivity index (χ4n) is 2.17. The first-order chi connectivity index (χ1) is 10.4. The molecule has 116 valence electrons. The molecule has 0 aliphatic heterocycles. The summed E-state index contributed by atoms with van der Waals surface area (Å²) in [6, 6.07) is 8.16. The van der Waals surface area contributed by atoms with Crippen molar-refractivity contribution in [2.75, 3.05) is 12.4 Å². The Morgan fingerprint density at radius 2 is 1.64 bits per heavy atom. The smallest absolute Gasteiger partial charge is 0.340 e. The number of benzene rings is 2. The minimum atomic E-state index is -0.643. The molecule has 0 bridgehead atoms. The number of esters is 1. The van der Waals surface area contributed by atoms with Crippen LogP contribution in [0.2, 0.25) is 0 Å². The lowest BCUT2D eigenvalue weighted by Gasteiger charge is -2.16. The van der Waals surface area contributed by atoms with Crippen LogP contribution in [0.15, 0.2) is 36.4 Å². The van der Waals surface area contributed by atoms with Crippen molar-refractivity contribution in [3.8, 4) is 0 Å². The summed E-state index contributed by atoms with van der Waals surface area (Å²) < 4.78 is 31.4. The molecule has 0 aliphatic rings. The number of anilines is 2. The van der Waals surface area contributed by atoms with E-state index in [4.69, 9.17) is 0 Å². The van der Waals surface area contributed by atoms with Crippen LogP contribution in [0.3, 0.4) is 0 Å². The molecule has 2 rings (SSSR count). The molecule has 0 heterocycles. The molecule has 3 nitrogen and oxygen atoms in total. The molecule has 5 heteroatoms. The lowest BCUT2D eigenvalue weighted by molar-refractivity contribution is 0.0601. The van der Waals surface area contributed by atoms with E-state index < -0.39 is 11.8 Å². The Bertz CT molecular complexity index is 699. The summed E-state index contributed by atoms with van der Waals surface area (Å²) in [5, 5.41) is 3.06. The number of hydrogen-bond acceptors (Lipinski definition) is 3. The van der Waals surface area contributed by atoms with Crippen molar-refractivity contribution in [1.29, 1.82) is 0 Å². The Kier molecular flexibility index (Phi) is 4.75. The van der Waals surface area contributed by atoms with E-state index in [2.05, 4.69) is 10.1 Å². The largest absolute Gasteiger partial charge is 0.465 e.